The first-order valence-corrected chi connectivity index (χ1v) is 11.5. The van der Waals surface area contributed by atoms with E-state index in [1.54, 1.807) is 18.2 Å². The minimum absolute atomic E-state index is 0.0422. The number of halogens is 5. The zero-order valence-corrected chi connectivity index (χ0v) is 19.7. The standard InChI is InChI=1S/C21H18Cl2F3N3O4S/c1-32-20-18(29-7-15(27-28-29)9-4-13(24)17(26)14(25)5-9)19(31)16(8-30)33-21(20)34-10-2-3-11(22)12(23)6-10/h2-7,16,18-21,30-31H,8H2,1H3/t16-,18+,19+,20-,21-/m1/s1. The zero-order valence-electron chi connectivity index (χ0n) is 17.4. The van der Waals surface area contributed by atoms with E-state index in [0.29, 0.717) is 14.9 Å². The lowest BCUT2D eigenvalue weighted by Gasteiger charge is -2.43. The van der Waals surface area contributed by atoms with Gasteiger partial charge in [0.15, 0.2) is 17.5 Å². The van der Waals surface area contributed by atoms with Crippen molar-refractivity contribution in [1.29, 1.82) is 0 Å². The molecule has 3 aromatic rings. The number of thioether (sulfide) groups is 1. The van der Waals surface area contributed by atoms with E-state index in [4.69, 9.17) is 32.7 Å². The summed E-state index contributed by atoms with van der Waals surface area (Å²) in [6.45, 7) is -0.498. The second-order valence-electron chi connectivity index (χ2n) is 7.44. The Labute approximate surface area is 206 Å². The molecule has 0 radical (unpaired) electrons. The first-order chi connectivity index (χ1) is 16.2. The second-order valence-corrected chi connectivity index (χ2v) is 9.42. The Morgan fingerprint density at radius 1 is 1.15 bits per heavy atom. The number of ether oxygens (including phenoxy) is 2. The van der Waals surface area contributed by atoms with E-state index in [-0.39, 0.29) is 11.3 Å². The summed E-state index contributed by atoms with van der Waals surface area (Å²) in [5.74, 6) is -4.34. The Bertz CT molecular complexity index is 1160. The number of aliphatic hydroxyl groups is 2. The van der Waals surface area contributed by atoms with E-state index >= 15 is 0 Å². The molecule has 1 fully saturated rings. The van der Waals surface area contributed by atoms with Gasteiger partial charge in [0, 0.05) is 17.6 Å². The zero-order chi connectivity index (χ0) is 24.6. The number of aromatic nitrogens is 3. The van der Waals surface area contributed by atoms with Crippen LogP contribution >= 0.6 is 35.0 Å². The largest absolute Gasteiger partial charge is 0.394 e. The summed E-state index contributed by atoms with van der Waals surface area (Å²) in [7, 11) is 1.41. The van der Waals surface area contributed by atoms with E-state index in [2.05, 4.69) is 10.3 Å². The maximum Gasteiger partial charge on any atom is 0.194 e. The van der Waals surface area contributed by atoms with Gasteiger partial charge in [-0.3, -0.25) is 0 Å². The van der Waals surface area contributed by atoms with Crippen molar-refractivity contribution < 1.29 is 32.9 Å². The molecular weight excluding hydrogens is 518 g/mol. The summed E-state index contributed by atoms with van der Waals surface area (Å²) in [5, 5.41) is 29.3. The Morgan fingerprint density at radius 3 is 2.47 bits per heavy atom. The highest BCUT2D eigenvalue weighted by Crippen LogP contribution is 2.40. The van der Waals surface area contributed by atoms with Gasteiger partial charge >= 0.3 is 0 Å². The van der Waals surface area contributed by atoms with E-state index in [1.165, 1.54) is 29.8 Å². The van der Waals surface area contributed by atoms with Gasteiger partial charge in [0.25, 0.3) is 0 Å². The van der Waals surface area contributed by atoms with Gasteiger partial charge in [0.2, 0.25) is 0 Å². The van der Waals surface area contributed by atoms with Gasteiger partial charge in [0.05, 0.1) is 22.8 Å². The fraction of sp³-hybridized carbons (Fsp3) is 0.333. The van der Waals surface area contributed by atoms with Gasteiger partial charge in [-0.25, -0.2) is 17.9 Å². The molecule has 0 saturated carbocycles. The third kappa shape index (κ3) is 4.92. The average molecular weight is 536 g/mol. The molecule has 0 spiro atoms. The molecule has 0 amide bonds. The maximum absolute atomic E-state index is 13.7. The topological polar surface area (TPSA) is 89.6 Å². The predicted octanol–water partition coefficient (Wildman–Crippen LogP) is 4.10. The van der Waals surface area contributed by atoms with E-state index in [0.717, 1.165) is 12.1 Å². The highest BCUT2D eigenvalue weighted by molar-refractivity contribution is 7.99. The van der Waals surface area contributed by atoms with Crippen molar-refractivity contribution in [3.05, 3.63) is 64.0 Å². The van der Waals surface area contributed by atoms with Gasteiger partial charge in [-0.1, -0.05) is 40.2 Å². The van der Waals surface area contributed by atoms with Crippen LogP contribution < -0.4 is 0 Å². The molecular formula is C21H18Cl2F3N3O4S. The van der Waals surface area contributed by atoms with Crippen molar-refractivity contribution in [2.24, 2.45) is 0 Å². The van der Waals surface area contributed by atoms with Crippen LogP contribution in [-0.4, -0.2) is 62.7 Å². The molecule has 0 unspecified atom stereocenters. The van der Waals surface area contributed by atoms with Crippen LogP contribution in [0, 0.1) is 17.5 Å². The smallest absolute Gasteiger partial charge is 0.194 e. The molecule has 2 aromatic carbocycles. The lowest BCUT2D eigenvalue weighted by Crippen LogP contribution is -2.55. The summed E-state index contributed by atoms with van der Waals surface area (Å²) in [6, 6.07) is 5.68. The van der Waals surface area contributed by atoms with Gasteiger partial charge in [-0.15, -0.1) is 5.10 Å². The molecule has 4 rings (SSSR count). The van der Waals surface area contributed by atoms with Crippen LogP contribution in [0.5, 0.6) is 0 Å². The number of methoxy groups -OCH3 is 1. The van der Waals surface area contributed by atoms with Crippen molar-refractivity contribution in [3.63, 3.8) is 0 Å². The van der Waals surface area contributed by atoms with Crippen molar-refractivity contribution in [3.8, 4) is 11.3 Å². The minimum Gasteiger partial charge on any atom is -0.394 e. The SMILES string of the molecule is CO[C@@H]1[C@@H](n2cc(-c3cc(F)c(F)c(F)c3)nn2)[C@@H](O)[C@@H](CO)O[C@@H]1Sc1ccc(Cl)c(Cl)c1. The van der Waals surface area contributed by atoms with Gasteiger partial charge in [-0.05, 0) is 30.3 Å². The van der Waals surface area contributed by atoms with Crippen LogP contribution in [0.25, 0.3) is 11.3 Å². The molecule has 34 heavy (non-hydrogen) atoms. The lowest BCUT2D eigenvalue weighted by molar-refractivity contribution is -0.186. The van der Waals surface area contributed by atoms with Gasteiger partial charge < -0.3 is 19.7 Å². The van der Waals surface area contributed by atoms with Crippen LogP contribution in [-0.2, 0) is 9.47 Å². The summed E-state index contributed by atoms with van der Waals surface area (Å²) < 4.78 is 53.4. The number of hydrogen-bond donors (Lipinski definition) is 2. The number of aliphatic hydroxyl groups excluding tert-OH is 2. The monoisotopic (exact) mass is 535 g/mol. The minimum atomic E-state index is -1.59. The molecule has 0 aliphatic carbocycles. The van der Waals surface area contributed by atoms with E-state index < -0.39 is 53.8 Å². The van der Waals surface area contributed by atoms with Crippen molar-refractivity contribution >= 4 is 35.0 Å². The molecule has 182 valence electrons. The molecule has 13 heteroatoms. The highest BCUT2D eigenvalue weighted by atomic mass is 35.5. The predicted molar refractivity (Wildman–Crippen MR) is 119 cm³/mol. The van der Waals surface area contributed by atoms with E-state index in [9.17, 15) is 23.4 Å². The first-order valence-electron chi connectivity index (χ1n) is 9.89. The Morgan fingerprint density at radius 2 is 1.85 bits per heavy atom. The third-order valence-electron chi connectivity index (χ3n) is 5.34. The fourth-order valence-electron chi connectivity index (χ4n) is 3.65. The first kappa shape index (κ1) is 25.2. The number of nitrogens with zero attached hydrogens (tertiary/aromatic N) is 3. The highest BCUT2D eigenvalue weighted by Gasteiger charge is 2.47. The molecule has 2 heterocycles. The van der Waals surface area contributed by atoms with Crippen molar-refractivity contribution in [2.45, 2.75) is 34.7 Å². The van der Waals surface area contributed by atoms with Gasteiger partial charge in [0.1, 0.15) is 35.5 Å². The molecule has 5 atom stereocenters. The van der Waals surface area contributed by atoms with Crippen LogP contribution in [0.2, 0.25) is 10.0 Å². The molecule has 0 bridgehead atoms. The molecule has 1 aromatic heterocycles. The maximum atomic E-state index is 13.7. The van der Waals surface area contributed by atoms with Gasteiger partial charge in [-0.2, -0.15) is 0 Å². The lowest BCUT2D eigenvalue weighted by atomic mass is 9.97. The van der Waals surface area contributed by atoms with Crippen LogP contribution in [0.3, 0.4) is 0 Å². The second kappa shape index (κ2) is 10.4. The van der Waals surface area contributed by atoms with Crippen LogP contribution in [0.4, 0.5) is 13.2 Å². The summed E-state index contributed by atoms with van der Waals surface area (Å²) in [5.41, 5.74) is -0.722. The Balaban J connectivity index is 1.67. The van der Waals surface area contributed by atoms with Crippen LogP contribution in [0.1, 0.15) is 6.04 Å². The molecule has 2 N–H and O–H groups in total. The summed E-state index contributed by atoms with van der Waals surface area (Å²) in [6.07, 6.45) is -1.72. The Hall–Kier alpha value is -1.86. The fourth-order valence-corrected chi connectivity index (χ4v) is 5.22. The Kier molecular flexibility index (Phi) is 7.72. The molecule has 1 saturated heterocycles. The normalized spacial score (nSPS) is 25.0. The summed E-state index contributed by atoms with van der Waals surface area (Å²) >= 11 is 13.3. The average Bonchev–Trinajstić information content (AvgIpc) is 3.30. The summed E-state index contributed by atoms with van der Waals surface area (Å²) in [4.78, 5) is 0.699. The third-order valence-corrected chi connectivity index (χ3v) is 7.21. The number of hydrogen-bond acceptors (Lipinski definition) is 7. The molecule has 7 nitrogen and oxygen atoms in total. The molecule has 1 aliphatic heterocycles. The molecule has 1 aliphatic rings. The van der Waals surface area contributed by atoms with E-state index in [1.807, 2.05) is 0 Å². The van der Waals surface area contributed by atoms with Crippen LogP contribution in [0.15, 0.2) is 41.4 Å². The number of rotatable bonds is 6. The van der Waals surface area contributed by atoms with Crippen molar-refractivity contribution in [1.82, 2.24) is 15.0 Å². The van der Waals surface area contributed by atoms with Crippen molar-refractivity contribution in [2.75, 3.05) is 13.7 Å². The quantitative estimate of drug-likeness (QED) is 0.459. The number of benzene rings is 2.